The maximum atomic E-state index is 2.61. The van der Waals surface area contributed by atoms with E-state index >= 15 is 0 Å². The van der Waals surface area contributed by atoms with E-state index in [9.17, 15) is 0 Å². The maximum Gasteiger partial charge on any atom is -0.0352 e. The van der Waals surface area contributed by atoms with E-state index in [2.05, 4.69) is 20.8 Å². The van der Waals surface area contributed by atoms with E-state index in [-0.39, 0.29) is 0 Å². The molecule has 0 spiro atoms. The SMILES string of the molecule is CC.CC(C)CCCC(C)C1CCC2C1CCC1C3CCCCC3CCC12. The Hall–Kier alpha value is 0. The Bertz CT molecular complexity index is 424. The molecule has 0 amide bonds. The van der Waals surface area contributed by atoms with Crippen LogP contribution >= 0.6 is 0 Å². The third-order valence-corrected chi connectivity index (χ3v) is 9.43. The molecule has 0 heteroatoms. The molecule has 8 unspecified atom stereocenters. The first-order valence-corrected chi connectivity index (χ1v) is 13.1. The maximum absolute atomic E-state index is 2.61. The quantitative estimate of drug-likeness (QED) is 0.451. The summed E-state index contributed by atoms with van der Waals surface area (Å²) >= 11 is 0. The van der Waals surface area contributed by atoms with Gasteiger partial charge in [-0.1, -0.05) is 73.1 Å². The van der Waals surface area contributed by atoms with Gasteiger partial charge < -0.3 is 0 Å². The Balaban J connectivity index is 0.00000102. The lowest BCUT2D eigenvalue weighted by Gasteiger charge is -2.52. The zero-order valence-corrected chi connectivity index (χ0v) is 19.4. The fourth-order valence-corrected chi connectivity index (χ4v) is 8.30. The molecule has 27 heavy (non-hydrogen) atoms. The molecule has 0 bridgehead atoms. The minimum atomic E-state index is 0.893. The van der Waals surface area contributed by atoms with Crippen LogP contribution in [0.5, 0.6) is 0 Å². The molecule has 0 heterocycles. The van der Waals surface area contributed by atoms with Crippen LogP contribution in [0.4, 0.5) is 0 Å². The fraction of sp³-hybridized carbons (Fsp3) is 1.00. The summed E-state index contributed by atoms with van der Waals surface area (Å²) in [6.07, 6.45) is 20.3. The molecule has 0 radical (unpaired) electrons. The van der Waals surface area contributed by atoms with Gasteiger partial charge in [0.1, 0.15) is 0 Å². The van der Waals surface area contributed by atoms with Crippen LogP contribution in [0, 0.1) is 53.3 Å². The molecule has 4 saturated carbocycles. The molecule has 4 fully saturated rings. The molecular formula is C27H50. The molecule has 0 aliphatic heterocycles. The minimum Gasteiger partial charge on any atom is -0.0683 e. The van der Waals surface area contributed by atoms with Gasteiger partial charge >= 0.3 is 0 Å². The van der Waals surface area contributed by atoms with Crippen molar-refractivity contribution in [3.05, 3.63) is 0 Å². The van der Waals surface area contributed by atoms with Crippen LogP contribution in [0.25, 0.3) is 0 Å². The molecule has 4 aliphatic carbocycles. The summed E-state index contributed by atoms with van der Waals surface area (Å²) in [6, 6.07) is 0. The third-order valence-electron chi connectivity index (χ3n) is 9.43. The summed E-state index contributed by atoms with van der Waals surface area (Å²) in [6.45, 7) is 11.4. The van der Waals surface area contributed by atoms with E-state index in [1.165, 1.54) is 19.3 Å². The highest BCUT2D eigenvalue weighted by atomic mass is 14.6. The van der Waals surface area contributed by atoms with Crippen molar-refractivity contribution < 1.29 is 0 Å². The third kappa shape index (κ3) is 4.78. The summed E-state index contributed by atoms with van der Waals surface area (Å²) in [4.78, 5) is 0. The summed E-state index contributed by atoms with van der Waals surface area (Å²) in [5.41, 5.74) is 0. The Morgan fingerprint density at radius 1 is 0.593 bits per heavy atom. The Morgan fingerprint density at radius 2 is 1.19 bits per heavy atom. The van der Waals surface area contributed by atoms with Crippen molar-refractivity contribution in [1.82, 2.24) is 0 Å². The van der Waals surface area contributed by atoms with Crippen LogP contribution in [0.2, 0.25) is 0 Å². The van der Waals surface area contributed by atoms with Crippen LogP contribution in [-0.4, -0.2) is 0 Å². The standard InChI is InChI=1S/C25H44.C2H6/c1-17(2)7-6-8-18(3)20-13-14-25-22(20)15-16-23-21-10-5-4-9-19(21)11-12-24(23)25;1-2/h17-25H,4-16H2,1-3H3;1-2H3. The van der Waals surface area contributed by atoms with Gasteiger partial charge in [-0.2, -0.15) is 0 Å². The highest BCUT2D eigenvalue weighted by Gasteiger charge is 2.51. The molecule has 0 aromatic rings. The van der Waals surface area contributed by atoms with E-state index in [0.29, 0.717) is 0 Å². The van der Waals surface area contributed by atoms with Crippen molar-refractivity contribution in [3.8, 4) is 0 Å². The number of hydrogen-bond donors (Lipinski definition) is 0. The zero-order valence-electron chi connectivity index (χ0n) is 19.4. The zero-order chi connectivity index (χ0) is 19.4. The summed E-state index contributed by atoms with van der Waals surface area (Å²) in [7, 11) is 0. The average molecular weight is 375 g/mol. The first-order chi connectivity index (χ1) is 13.1. The molecule has 8 atom stereocenters. The van der Waals surface area contributed by atoms with Gasteiger partial charge in [0.15, 0.2) is 0 Å². The van der Waals surface area contributed by atoms with Crippen molar-refractivity contribution in [2.45, 2.75) is 118 Å². The van der Waals surface area contributed by atoms with Crippen molar-refractivity contribution >= 4 is 0 Å². The highest BCUT2D eigenvalue weighted by molar-refractivity contribution is 5.01. The molecule has 4 aliphatic rings. The van der Waals surface area contributed by atoms with E-state index in [4.69, 9.17) is 0 Å². The van der Waals surface area contributed by atoms with Crippen LogP contribution in [0.3, 0.4) is 0 Å². The average Bonchev–Trinajstić information content (AvgIpc) is 3.13. The van der Waals surface area contributed by atoms with Crippen LogP contribution in [0.1, 0.15) is 118 Å². The molecular weight excluding hydrogens is 324 g/mol. The van der Waals surface area contributed by atoms with Gasteiger partial charge in [-0.3, -0.25) is 0 Å². The van der Waals surface area contributed by atoms with E-state index < -0.39 is 0 Å². The Morgan fingerprint density at radius 3 is 1.96 bits per heavy atom. The van der Waals surface area contributed by atoms with Gasteiger partial charge in [-0.25, -0.2) is 0 Å². The van der Waals surface area contributed by atoms with Crippen molar-refractivity contribution in [1.29, 1.82) is 0 Å². The molecule has 158 valence electrons. The number of rotatable bonds is 5. The second kappa shape index (κ2) is 10.2. The highest BCUT2D eigenvalue weighted by Crippen LogP contribution is 2.60. The summed E-state index contributed by atoms with van der Waals surface area (Å²) in [5, 5.41) is 0. The molecule has 4 rings (SSSR count). The van der Waals surface area contributed by atoms with Gasteiger partial charge in [0.2, 0.25) is 0 Å². The minimum absolute atomic E-state index is 0.893. The molecule has 0 aromatic heterocycles. The topological polar surface area (TPSA) is 0 Å². The molecule has 0 aromatic carbocycles. The predicted octanol–water partition coefficient (Wildman–Crippen LogP) is 8.74. The number of hydrogen-bond acceptors (Lipinski definition) is 0. The van der Waals surface area contributed by atoms with Crippen LogP contribution in [-0.2, 0) is 0 Å². The van der Waals surface area contributed by atoms with E-state index in [1.54, 1.807) is 64.2 Å². The largest absolute Gasteiger partial charge is 0.0683 e. The van der Waals surface area contributed by atoms with Crippen molar-refractivity contribution in [2.75, 3.05) is 0 Å². The second-order valence-electron chi connectivity index (χ2n) is 11.1. The molecule has 0 saturated heterocycles. The smallest absolute Gasteiger partial charge is 0.0352 e. The van der Waals surface area contributed by atoms with E-state index in [1.807, 2.05) is 13.8 Å². The fourth-order valence-electron chi connectivity index (χ4n) is 8.30. The van der Waals surface area contributed by atoms with Gasteiger partial charge in [0.05, 0.1) is 0 Å². The first-order valence-electron chi connectivity index (χ1n) is 13.1. The van der Waals surface area contributed by atoms with Gasteiger partial charge in [-0.15, -0.1) is 0 Å². The lowest BCUT2D eigenvalue weighted by atomic mass is 9.53. The van der Waals surface area contributed by atoms with Gasteiger partial charge in [0, 0.05) is 0 Å². The second-order valence-corrected chi connectivity index (χ2v) is 11.1. The Labute approximate surface area is 171 Å². The lowest BCUT2D eigenvalue weighted by molar-refractivity contribution is -0.0281. The van der Waals surface area contributed by atoms with E-state index in [0.717, 1.165) is 53.3 Å². The monoisotopic (exact) mass is 374 g/mol. The van der Waals surface area contributed by atoms with Crippen LogP contribution < -0.4 is 0 Å². The van der Waals surface area contributed by atoms with Crippen molar-refractivity contribution in [2.24, 2.45) is 53.3 Å². The summed E-state index contributed by atoms with van der Waals surface area (Å²) in [5.74, 6) is 9.81. The number of fused-ring (bicyclic) bond motifs is 5. The van der Waals surface area contributed by atoms with Gasteiger partial charge in [-0.05, 0) is 98.2 Å². The Kier molecular flexibility index (Phi) is 8.16. The van der Waals surface area contributed by atoms with Crippen molar-refractivity contribution in [3.63, 3.8) is 0 Å². The molecule has 0 N–H and O–H groups in total. The molecule has 0 nitrogen and oxygen atoms in total. The predicted molar refractivity (Wildman–Crippen MR) is 120 cm³/mol. The normalized spacial score (nSPS) is 41.8. The lowest BCUT2D eigenvalue weighted by Crippen LogP contribution is -2.44. The first kappa shape index (κ1) is 21.7. The van der Waals surface area contributed by atoms with Gasteiger partial charge in [0.25, 0.3) is 0 Å². The van der Waals surface area contributed by atoms with Crippen LogP contribution in [0.15, 0.2) is 0 Å². The summed E-state index contributed by atoms with van der Waals surface area (Å²) < 4.78 is 0.